The summed E-state index contributed by atoms with van der Waals surface area (Å²) in [6.07, 6.45) is 0.681. The smallest absolute Gasteiger partial charge is 0.180 e. The highest BCUT2D eigenvalue weighted by molar-refractivity contribution is 7.15. The molecule has 0 spiro atoms. The Balaban J connectivity index is 2.40. The van der Waals surface area contributed by atoms with E-state index in [1.54, 1.807) is 0 Å². The molecule has 0 amide bonds. The third-order valence-electron chi connectivity index (χ3n) is 2.69. The molecule has 0 saturated heterocycles. The normalized spacial score (nSPS) is 11.2. The Morgan fingerprint density at radius 1 is 1.28 bits per heavy atom. The molecule has 0 aliphatic heterocycles. The van der Waals surface area contributed by atoms with Crippen LogP contribution in [0.2, 0.25) is 10.0 Å². The second-order valence-electron chi connectivity index (χ2n) is 4.39. The average Bonchev–Trinajstić information content (AvgIpc) is 2.65. The van der Waals surface area contributed by atoms with Crippen LogP contribution in [0.25, 0.3) is 0 Å². The van der Waals surface area contributed by atoms with Crippen molar-refractivity contribution in [1.82, 2.24) is 4.98 Å². The van der Waals surface area contributed by atoms with Gasteiger partial charge in [-0.3, -0.25) is 0 Å². The van der Waals surface area contributed by atoms with Crippen LogP contribution in [0.1, 0.15) is 35.9 Å². The predicted octanol–water partition coefficient (Wildman–Crippen LogP) is 4.75. The van der Waals surface area contributed by atoms with Gasteiger partial charge in [0.05, 0.1) is 5.69 Å². The van der Waals surface area contributed by atoms with Gasteiger partial charge in [0.1, 0.15) is 0 Å². The molecule has 5 heteroatoms. The molecule has 0 unspecified atom stereocenters. The zero-order chi connectivity index (χ0) is 13.3. The van der Waals surface area contributed by atoms with E-state index in [-0.39, 0.29) is 0 Å². The van der Waals surface area contributed by atoms with Gasteiger partial charge in [-0.15, -0.1) is 11.3 Å². The molecular weight excluding hydrogens is 287 g/mol. The number of aromatic nitrogens is 1. The Kier molecular flexibility index (Phi) is 4.15. The summed E-state index contributed by atoms with van der Waals surface area (Å²) in [7, 11) is 0. The minimum atomic E-state index is 0.342. The van der Waals surface area contributed by atoms with Gasteiger partial charge in [0.2, 0.25) is 0 Å². The first kappa shape index (κ1) is 13.7. The number of nitrogens with two attached hydrogens (primary N) is 1. The van der Waals surface area contributed by atoms with Crippen LogP contribution in [0.4, 0.5) is 5.13 Å². The molecule has 96 valence electrons. The molecule has 1 aromatic heterocycles. The highest BCUT2D eigenvalue weighted by Crippen LogP contribution is 2.33. The SMILES string of the molecule is CC(C)c1nc(N)sc1Cc1c(Cl)cccc1Cl. The monoisotopic (exact) mass is 300 g/mol. The Hall–Kier alpha value is -0.770. The Bertz CT molecular complexity index is 544. The molecule has 0 fully saturated rings. The van der Waals surface area contributed by atoms with Gasteiger partial charge in [-0.25, -0.2) is 4.98 Å². The summed E-state index contributed by atoms with van der Waals surface area (Å²) >= 11 is 13.9. The molecule has 2 aromatic rings. The standard InChI is InChI=1S/C13H14Cl2N2S/c1-7(2)12-11(18-13(16)17-12)6-8-9(14)4-3-5-10(8)15/h3-5,7H,6H2,1-2H3,(H2,16,17). The minimum absolute atomic E-state index is 0.342. The summed E-state index contributed by atoms with van der Waals surface area (Å²) in [5, 5.41) is 1.96. The van der Waals surface area contributed by atoms with E-state index in [0.717, 1.165) is 16.1 Å². The van der Waals surface area contributed by atoms with Crippen molar-refractivity contribution in [3.8, 4) is 0 Å². The molecule has 0 atom stereocenters. The summed E-state index contributed by atoms with van der Waals surface area (Å²) < 4.78 is 0. The first-order chi connectivity index (χ1) is 8.49. The molecule has 1 aromatic carbocycles. The van der Waals surface area contributed by atoms with Crippen LogP contribution in [0.5, 0.6) is 0 Å². The highest BCUT2D eigenvalue weighted by atomic mass is 35.5. The average molecular weight is 301 g/mol. The molecule has 0 bridgehead atoms. The number of halogens is 2. The van der Waals surface area contributed by atoms with Crippen molar-refractivity contribution in [2.45, 2.75) is 26.2 Å². The van der Waals surface area contributed by atoms with Gasteiger partial charge in [-0.2, -0.15) is 0 Å². The first-order valence-corrected chi connectivity index (χ1v) is 7.24. The van der Waals surface area contributed by atoms with E-state index in [4.69, 9.17) is 28.9 Å². The summed E-state index contributed by atoms with van der Waals surface area (Å²) in [5.41, 5.74) is 7.76. The van der Waals surface area contributed by atoms with Crippen molar-refractivity contribution >= 4 is 39.7 Å². The van der Waals surface area contributed by atoms with Crippen LogP contribution < -0.4 is 5.73 Å². The number of benzene rings is 1. The third kappa shape index (κ3) is 2.79. The number of thiazole rings is 1. The second kappa shape index (κ2) is 5.47. The Morgan fingerprint density at radius 3 is 2.44 bits per heavy atom. The predicted molar refractivity (Wildman–Crippen MR) is 79.9 cm³/mol. The van der Waals surface area contributed by atoms with E-state index in [1.165, 1.54) is 11.3 Å². The maximum Gasteiger partial charge on any atom is 0.180 e. The maximum atomic E-state index is 6.19. The minimum Gasteiger partial charge on any atom is -0.375 e. The van der Waals surface area contributed by atoms with E-state index < -0.39 is 0 Å². The van der Waals surface area contributed by atoms with Crippen LogP contribution in [-0.4, -0.2) is 4.98 Å². The topological polar surface area (TPSA) is 38.9 Å². The molecule has 0 radical (unpaired) electrons. The van der Waals surface area contributed by atoms with Gasteiger partial charge in [-0.05, 0) is 23.6 Å². The van der Waals surface area contributed by atoms with Crippen molar-refractivity contribution in [2.75, 3.05) is 5.73 Å². The zero-order valence-electron chi connectivity index (χ0n) is 10.2. The lowest BCUT2D eigenvalue weighted by Gasteiger charge is -2.08. The fourth-order valence-electron chi connectivity index (χ4n) is 1.82. The molecular formula is C13H14Cl2N2S. The largest absolute Gasteiger partial charge is 0.375 e. The molecule has 0 saturated carbocycles. The quantitative estimate of drug-likeness (QED) is 0.888. The number of anilines is 1. The van der Waals surface area contributed by atoms with Gasteiger partial charge in [0.15, 0.2) is 5.13 Å². The summed E-state index contributed by atoms with van der Waals surface area (Å²) in [4.78, 5) is 5.51. The lowest BCUT2D eigenvalue weighted by atomic mass is 10.0. The number of hydrogen-bond acceptors (Lipinski definition) is 3. The Morgan fingerprint density at radius 2 is 1.89 bits per heavy atom. The van der Waals surface area contributed by atoms with Crippen molar-refractivity contribution in [3.63, 3.8) is 0 Å². The van der Waals surface area contributed by atoms with E-state index in [0.29, 0.717) is 27.5 Å². The molecule has 0 aliphatic carbocycles. The van der Waals surface area contributed by atoms with Crippen LogP contribution in [-0.2, 0) is 6.42 Å². The van der Waals surface area contributed by atoms with Gasteiger partial charge < -0.3 is 5.73 Å². The van der Waals surface area contributed by atoms with Gasteiger partial charge >= 0.3 is 0 Å². The fourth-order valence-corrected chi connectivity index (χ4v) is 3.35. The zero-order valence-corrected chi connectivity index (χ0v) is 12.5. The molecule has 2 nitrogen and oxygen atoms in total. The number of rotatable bonds is 3. The molecule has 0 aliphatic rings. The highest BCUT2D eigenvalue weighted by Gasteiger charge is 2.16. The second-order valence-corrected chi connectivity index (χ2v) is 6.32. The van der Waals surface area contributed by atoms with Gasteiger partial charge in [0.25, 0.3) is 0 Å². The molecule has 2 rings (SSSR count). The number of nitrogen functional groups attached to an aromatic ring is 1. The fraction of sp³-hybridized carbons (Fsp3) is 0.308. The van der Waals surface area contributed by atoms with Gasteiger partial charge in [0, 0.05) is 21.3 Å². The molecule has 1 heterocycles. The van der Waals surface area contributed by atoms with Crippen molar-refractivity contribution in [3.05, 3.63) is 44.4 Å². The Labute approximate surface area is 121 Å². The van der Waals surface area contributed by atoms with Crippen LogP contribution in [0, 0.1) is 0 Å². The lowest BCUT2D eigenvalue weighted by Crippen LogP contribution is -1.96. The summed E-state index contributed by atoms with van der Waals surface area (Å²) in [5.74, 6) is 0.342. The van der Waals surface area contributed by atoms with E-state index in [1.807, 2.05) is 18.2 Å². The third-order valence-corrected chi connectivity index (χ3v) is 4.30. The van der Waals surface area contributed by atoms with E-state index in [9.17, 15) is 0 Å². The number of hydrogen-bond donors (Lipinski definition) is 1. The maximum absolute atomic E-state index is 6.19. The van der Waals surface area contributed by atoms with Gasteiger partial charge in [-0.1, -0.05) is 43.1 Å². The number of nitrogens with zero attached hydrogens (tertiary/aromatic N) is 1. The van der Waals surface area contributed by atoms with Crippen molar-refractivity contribution < 1.29 is 0 Å². The van der Waals surface area contributed by atoms with Crippen LogP contribution >= 0.6 is 34.5 Å². The van der Waals surface area contributed by atoms with Crippen molar-refractivity contribution in [1.29, 1.82) is 0 Å². The van der Waals surface area contributed by atoms with E-state index >= 15 is 0 Å². The molecule has 18 heavy (non-hydrogen) atoms. The summed E-state index contributed by atoms with van der Waals surface area (Å²) in [6, 6.07) is 5.54. The van der Waals surface area contributed by atoms with E-state index in [2.05, 4.69) is 18.8 Å². The van der Waals surface area contributed by atoms with Crippen LogP contribution in [0.3, 0.4) is 0 Å². The van der Waals surface area contributed by atoms with Crippen LogP contribution in [0.15, 0.2) is 18.2 Å². The summed E-state index contributed by atoms with van der Waals surface area (Å²) in [6.45, 7) is 4.21. The first-order valence-electron chi connectivity index (χ1n) is 5.67. The van der Waals surface area contributed by atoms with Crippen molar-refractivity contribution in [2.24, 2.45) is 0 Å². The molecule has 2 N–H and O–H groups in total. The lowest BCUT2D eigenvalue weighted by molar-refractivity contribution is 0.820.